The molecule has 1 aromatic rings. The first-order valence-corrected chi connectivity index (χ1v) is 8.36. The average molecular weight is 289 g/mol. The highest BCUT2D eigenvalue weighted by Gasteiger charge is 2.28. The Kier molecular flexibility index (Phi) is 5.04. The molecule has 2 saturated heterocycles. The van der Waals surface area contributed by atoms with Gasteiger partial charge in [0.2, 0.25) is 0 Å². The van der Waals surface area contributed by atoms with Gasteiger partial charge in [-0.3, -0.25) is 14.8 Å². The summed E-state index contributed by atoms with van der Waals surface area (Å²) < 4.78 is 0. The van der Waals surface area contributed by atoms with E-state index >= 15 is 0 Å². The van der Waals surface area contributed by atoms with Gasteiger partial charge in [-0.1, -0.05) is 13.3 Å². The number of anilines is 1. The summed E-state index contributed by atoms with van der Waals surface area (Å²) in [5, 5.41) is 3.27. The molecule has 2 aliphatic heterocycles. The van der Waals surface area contributed by atoms with Crippen molar-refractivity contribution < 1.29 is 0 Å². The van der Waals surface area contributed by atoms with Crippen molar-refractivity contribution in [3.63, 3.8) is 0 Å². The number of piperazine rings is 1. The van der Waals surface area contributed by atoms with E-state index in [1.807, 2.05) is 12.4 Å². The summed E-state index contributed by atoms with van der Waals surface area (Å²) in [6, 6.07) is 0.769. The van der Waals surface area contributed by atoms with E-state index in [2.05, 4.69) is 32.0 Å². The van der Waals surface area contributed by atoms with Crippen LogP contribution in [0.4, 0.5) is 5.82 Å². The molecular formula is C16H27N5. The maximum Gasteiger partial charge on any atom is 0.144 e. The SMILES string of the molecule is CCCNc1cnc(CN2CCN3CCCCC3C2)cn1. The standard InChI is InChI=1S/C16H27N5/c1-2-6-17-16-11-18-14(10-19-16)12-20-8-9-21-7-4-3-5-15(21)13-20/h10-11,15H,2-9,12-13H2,1H3,(H,17,19). The third-order valence-corrected chi connectivity index (χ3v) is 4.57. The second-order valence-electron chi connectivity index (χ2n) is 6.24. The highest BCUT2D eigenvalue weighted by atomic mass is 15.3. The van der Waals surface area contributed by atoms with Gasteiger partial charge in [-0.15, -0.1) is 0 Å². The first-order chi connectivity index (χ1) is 10.3. The van der Waals surface area contributed by atoms with Gasteiger partial charge in [0, 0.05) is 38.8 Å². The van der Waals surface area contributed by atoms with Crippen LogP contribution in [0.15, 0.2) is 12.4 Å². The summed E-state index contributed by atoms with van der Waals surface area (Å²) in [5.74, 6) is 0.887. The lowest BCUT2D eigenvalue weighted by Crippen LogP contribution is -2.54. The first kappa shape index (κ1) is 14.7. The third kappa shape index (κ3) is 3.92. The Morgan fingerprint density at radius 1 is 1.19 bits per heavy atom. The fourth-order valence-electron chi connectivity index (χ4n) is 3.37. The molecule has 2 fully saturated rings. The fraction of sp³-hybridized carbons (Fsp3) is 0.750. The van der Waals surface area contributed by atoms with Crippen LogP contribution in [0.5, 0.6) is 0 Å². The smallest absolute Gasteiger partial charge is 0.144 e. The summed E-state index contributed by atoms with van der Waals surface area (Å²) in [6.07, 6.45) is 9.03. The van der Waals surface area contributed by atoms with Gasteiger partial charge in [0.15, 0.2) is 0 Å². The molecule has 0 bridgehead atoms. The van der Waals surface area contributed by atoms with Crippen molar-refractivity contribution in [2.75, 3.05) is 38.0 Å². The third-order valence-electron chi connectivity index (χ3n) is 4.57. The molecule has 1 unspecified atom stereocenters. The first-order valence-electron chi connectivity index (χ1n) is 8.36. The predicted octanol–water partition coefficient (Wildman–Crippen LogP) is 1.97. The van der Waals surface area contributed by atoms with Gasteiger partial charge in [-0.2, -0.15) is 0 Å². The fourth-order valence-corrected chi connectivity index (χ4v) is 3.37. The molecule has 0 saturated carbocycles. The monoisotopic (exact) mass is 289 g/mol. The van der Waals surface area contributed by atoms with Gasteiger partial charge < -0.3 is 5.32 Å². The largest absolute Gasteiger partial charge is 0.369 e. The predicted molar refractivity (Wildman–Crippen MR) is 85.3 cm³/mol. The van der Waals surface area contributed by atoms with Crippen molar-refractivity contribution in [1.82, 2.24) is 19.8 Å². The average Bonchev–Trinajstić information content (AvgIpc) is 2.54. The van der Waals surface area contributed by atoms with Crippen molar-refractivity contribution in [3.05, 3.63) is 18.1 Å². The van der Waals surface area contributed by atoms with Crippen LogP contribution in [0.25, 0.3) is 0 Å². The van der Waals surface area contributed by atoms with E-state index in [1.54, 1.807) is 0 Å². The highest BCUT2D eigenvalue weighted by Crippen LogP contribution is 2.21. The number of piperidine rings is 1. The molecule has 0 aliphatic carbocycles. The summed E-state index contributed by atoms with van der Waals surface area (Å²) in [5.41, 5.74) is 1.08. The van der Waals surface area contributed by atoms with E-state index in [1.165, 1.54) is 38.9 Å². The van der Waals surface area contributed by atoms with E-state index in [0.717, 1.165) is 43.6 Å². The van der Waals surface area contributed by atoms with Gasteiger partial charge in [-0.05, 0) is 25.8 Å². The van der Waals surface area contributed by atoms with Crippen LogP contribution in [0.3, 0.4) is 0 Å². The number of hydrogen-bond donors (Lipinski definition) is 1. The zero-order valence-electron chi connectivity index (χ0n) is 13.1. The summed E-state index contributed by atoms with van der Waals surface area (Å²) in [4.78, 5) is 14.2. The minimum Gasteiger partial charge on any atom is -0.369 e. The summed E-state index contributed by atoms with van der Waals surface area (Å²) in [7, 11) is 0. The lowest BCUT2D eigenvalue weighted by molar-refractivity contribution is 0.0451. The molecule has 2 aliphatic rings. The Bertz CT molecular complexity index is 433. The Balaban J connectivity index is 1.52. The molecule has 5 nitrogen and oxygen atoms in total. The Morgan fingerprint density at radius 3 is 2.95 bits per heavy atom. The lowest BCUT2D eigenvalue weighted by Gasteiger charge is -2.43. The molecule has 5 heteroatoms. The van der Waals surface area contributed by atoms with Crippen molar-refractivity contribution in [1.29, 1.82) is 0 Å². The number of fused-ring (bicyclic) bond motifs is 1. The van der Waals surface area contributed by atoms with Crippen LogP contribution in [0.1, 0.15) is 38.3 Å². The molecule has 21 heavy (non-hydrogen) atoms. The molecular weight excluding hydrogens is 262 g/mol. The molecule has 1 N–H and O–H groups in total. The van der Waals surface area contributed by atoms with Gasteiger partial charge >= 0.3 is 0 Å². The molecule has 3 heterocycles. The number of rotatable bonds is 5. The minimum absolute atomic E-state index is 0.769. The Hall–Kier alpha value is -1.20. The summed E-state index contributed by atoms with van der Waals surface area (Å²) in [6.45, 7) is 8.92. The molecule has 116 valence electrons. The molecule has 0 aromatic carbocycles. The maximum atomic E-state index is 4.55. The van der Waals surface area contributed by atoms with E-state index in [9.17, 15) is 0 Å². The minimum atomic E-state index is 0.769. The number of nitrogens with zero attached hydrogens (tertiary/aromatic N) is 4. The molecule has 0 radical (unpaired) electrons. The normalized spacial score (nSPS) is 23.8. The highest BCUT2D eigenvalue weighted by molar-refractivity contribution is 5.30. The quantitative estimate of drug-likeness (QED) is 0.898. The van der Waals surface area contributed by atoms with Crippen LogP contribution in [0, 0.1) is 0 Å². The van der Waals surface area contributed by atoms with Gasteiger partial charge in [0.1, 0.15) is 5.82 Å². The molecule has 0 amide bonds. The zero-order valence-corrected chi connectivity index (χ0v) is 13.1. The summed E-state index contributed by atoms with van der Waals surface area (Å²) >= 11 is 0. The number of hydrogen-bond acceptors (Lipinski definition) is 5. The molecule has 0 spiro atoms. The van der Waals surface area contributed by atoms with Gasteiger partial charge in [-0.25, -0.2) is 4.98 Å². The number of nitrogens with one attached hydrogen (secondary N) is 1. The van der Waals surface area contributed by atoms with Crippen LogP contribution in [-0.2, 0) is 6.54 Å². The van der Waals surface area contributed by atoms with E-state index in [4.69, 9.17) is 0 Å². The van der Waals surface area contributed by atoms with Crippen molar-refractivity contribution >= 4 is 5.82 Å². The second-order valence-corrected chi connectivity index (χ2v) is 6.24. The van der Waals surface area contributed by atoms with E-state index in [-0.39, 0.29) is 0 Å². The Labute approximate surface area is 127 Å². The molecule has 3 rings (SSSR count). The van der Waals surface area contributed by atoms with Gasteiger partial charge in [0.25, 0.3) is 0 Å². The van der Waals surface area contributed by atoms with Crippen LogP contribution >= 0.6 is 0 Å². The van der Waals surface area contributed by atoms with Crippen molar-refractivity contribution in [2.24, 2.45) is 0 Å². The number of aromatic nitrogens is 2. The maximum absolute atomic E-state index is 4.55. The van der Waals surface area contributed by atoms with Crippen LogP contribution < -0.4 is 5.32 Å². The zero-order chi connectivity index (χ0) is 14.5. The van der Waals surface area contributed by atoms with E-state index in [0.29, 0.717) is 0 Å². The molecule has 1 aromatic heterocycles. The van der Waals surface area contributed by atoms with Crippen LogP contribution in [-0.4, -0.2) is 58.5 Å². The van der Waals surface area contributed by atoms with Crippen molar-refractivity contribution in [3.8, 4) is 0 Å². The van der Waals surface area contributed by atoms with E-state index < -0.39 is 0 Å². The molecule has 1 atom stereocenters. The van der Waals surface area contributed by atoms with Gasteiger partial charge in [0.05, 0.1) is 18.1 Å². The van der Waals surface area contributed by atoms with Crippen molar-refractivity contribution in [2.45, 2.75) is 45.2 Å². The topological polar surface area (TPSA) is 44.3 Å². The second kappa shape index (κ2) is 7.18. The lowest BCUT2D eigenvalue weighted by atomic mass is 9.99. The Morgan fingerprint density at radius 2 is 2.14 bits per heavy atom. The van der Waals surface area contributed by atoms with Crippen LogP contribution in [0.2, 0.25) is 0 Å².